The zero-order chi connectivity index (χ0) is 21.6. The number of benzene rings is 3. The lowest BCUT2D eigenvalue weighted by Gasteiger charge is -2.09. The van der Waals surface area contributed by atoms with Crippen LogP contribution in [0.2, 0.25) is 0 Å². The zero-order valence-electron chi connectivity index (χ0n) is 17.2. The molecule has 1 heterocycles. The Kier molecular flexibility index (Phi) is 5.89. The van der Waals surface area contributed by atoms with Crippen LogP contribution in [0.4, 0.5) is 5.69 Å². The third kappa shape index (κ3) is 4.87. The van der Waals surface area contributed by atoms with Crippen LogP contribution in [0.1, 0.15) is 15.9 Å². The van der Waals surface area contributed by atoms with E-state index in [1.165, 1.54) is 0 Å². The van der Waals surface area contributed by atoms with Crippen molar-refractivity contribution in [3.63, 3.8) is 0 Å². The van der Waals surface area contributed by atoms with Crippen LogP contribution in [-0.2, 0) is 0 Å². The van der Waals surface area contributed by atoms with E-state index in [4.69, 9.17) is 9.47 Å². The summed E-state index contributed by atoms with van der Waals surface area (Å²) in [6.07, 6.45) is 1.64. The van der Waals surface area contributed by atoms with E-state index in [9.17, 15) is 4.79 Å². The fourth-order valence-corrected chi connectivity index (χ4v) is 2.98. The fourth-order valence-electron chi connectivity index (χ4n) is 2.98. The van der Waals surface area contributed by atoms with Crippen molar-refractivity contribution < 1.29 is 14.3 Å². The molecule has 0 aliphatic carbocycles. The van der Waals surface area contributed by atoms with E-state index in [2.05, 4.69) is 15.3 Å². The summed E-state index contributed by atoms with van der Waals surface area (Å²) >= 11 is 0. The summed E-state index contributed by atoms with van der Waals surface area (Å²) in [5, 5.41) is 2.93. The number of nitrogens with zero attached hydrogens (tertiary/aromatic N) is 2. The Balaban J connectivity index is 1.48. The monoisotopic (exact) mass is 411 g/mol. The van der Waals surface area contributed by atoms with Crippen molar-refractivity contribution in [1.29, 1.82) is 0 Å². The van der Waals surface area contributed by atoms with Gasteiger partial charge in [-0.2, -0.15) is 4.98 Å². The Hall–Kier alpha value is -4.19. The van der Waals surface area contributed by atoms with Gasteiger partial charge in [0.1, 0.15) is 11.5 Å². The van der Waals surface area contributed by atoms with Crippen molar-refractivity contribution in [2.45, 2.75) is 6.92 Å². The molecule has 1 N–H and O–H groups in total. The van der Waals surface area contributed by atoms with Gasteiger partial charge in [0.15, 0.2) is 5.82 Å². The molecule has 1 aromatic heterocycles. The number of amides is 1. The molecule has 6 nitrogen and oxygen atoms in total. The molecule has 0 aliphatic heterocycles. The largest absolute Gasteiger partial charge is 0.497 e. The Morgan fingerprint density at radius 3 is 2.29 bits per heavy atom. The van der Waals surface area contributed by atoms with E-state index in [-0.39, 0.29) is 5.91 Å². The number of hydrogen-bond donors (Lipinski definition) is 1. The van der Waals surface area contributed by atoms with Crippen molar-refractivity contribution in [2.75, 3.05) is 12.4 Å². The van der Waals surface area contributed by atoms with Gasteiger partial charge >= 0.3 is 0 Å². The number of carbonyl (C=O) groups is 1. The number of aryl methyl sites for hydroxylation is 1. The summed E-state index contributed by atoms with van der Waals surface area (Å²) in [5.74, 6) is 2.17. The molecule has 154 valence electrons. The summed E-state index contributed by atoms with van der Waals surface area (Å²) in [6, 6.07) is 23.8. The highest BCUT2D eigenvalue weighted by molar-refractivity contribution is 6.04. The summed E-state index contributed by atoms with van der Waals surface area (Å²) in [4.78, 5) is 21.3. The third-order valence-corrected chi connectivity index (χ3v) is 4.71. The number of aromatic nitrogens is 2. The predicted molar refractivity (Wildman–Crippen MR) is 120 cm³/mol. The van der Waals surface area contributed by atoms with Crippen LogP contribution < -0.4 is 14.8 Å². The first kappa shape index (κ1) is 20.1. The van der Waals surface area contributed by atoms with Crippen molar-refractivity contribution in [2.24, 2.45) is 0 Å². The molecule has 0 atom stereocenters. The van der Waals surface area contributed by atoms with Crippen molar-refractivity contribution in [1.82, 2.24) is 9.97 Å². The topological polar surface area (TPSA) is 73.3 Å². The van der Waals surface area contributed by atoms with Crippen LogP contribution in [0.25, 0.3) is 11.4 Å². The lowest BCUT2D eigenvalue weighted by Crippen LogP contribution is -2.12. The maximum atomic E-state index is 12.5. The molecule has 4 aromatic rings. The normalized spacial score (nSPS) is 10.4. The van der Waals surface area contributed by atoms with Gasteiger partial charge < -0.3 is 14.8 Å². The second-order valence-corrected chi connectivity index (χ2v) is 6.84. The van der Waals surface area contributed by atoms with Gasteiger partial charge in [-0.05, 0) is 55.0 Å². The molecule has 0 bridgehead atoms. The van der Waals surface area contributed by atoms with Gasteiger partial charge in [-0.1, -0.05) is 30.3 Å². The zero-order valence-corrected chi connectivity index (χ0v) is 17.2. The molecule has 3 aromatic carbocycles. The lowest BCUT2D eigenvalue weighted by molar-refractivity contribution is 0.102. The molecule has 0 radical (unpaired) electrons. The summed E-state index contributed by atoms with van der Waals surface area (Å²) in [6.45, 7) is 1.96. The first-order valence-corrected chi connectivity index (χ1v) is 9.75. The predicted octanol–water partition coefficient (Wildman–Crippen LogP) is 5.51. The highest BCUT2D eigenvalue weighted by Crippen LogP contribution is 2.24. The smallest absolute Gasteiger partial charge is 0.255 e. The Bertz CT molecular complexity index is 1190. The molecule has 4 rings (SSSR count). The number of rotatable bonds is 6. The van der Waals surface area contributed by atoms with E-state index in [0.717, 1.165) is 22.6 Å². The van der Waals surface area contributed by atoms with E-state index in [1.54, 1.807) is 31.5 Å². The Morgan fingerprint density at radius 1 is 0.871 bits per heavy atom. The van der Waals surface area contributed by atoms with E-state index >= 15 is 0 Å². The standard InChI is InChI=1S/C25H21N3O3/c1-17-5-3-4-6-22(17)27-25(29)19-9-7-18(8-10-19)24-26-16-15-23(28-24)31-21-13-11-20(30-2)12-14-21/h3-16H,1-2H3,(H,27,29). The molecule has 31 heavy (non-hydrogen) atoms. The quantitative estimate of drug-likeness (QED) is 0.453. The first-order valence-electron chi connectivity index (χ1n) is 9.75. The fraction of sp³-hybridized carbons (Fsp3) is 0.0800. The number of nitrogens with one attached hydrogen (secondary N) is 1. The van der Waals surface area contributed by atoms with Crippen LogP contribution in [0, 0.1) is 6.92 Å². The van der Waals surface area contributed by atoms with Crippen LogP contribution in [0.3, 0.4) is 0 Å². The third-order valence-electron chi connectivity index (χ3n) is 4.71. The molecule has 0 spiro atoms. The van der Waals surface area contributed by atoms with Crippen LogP contribution >= 0.6 is 0 Å². The highest BCUT2D eigenvalue weighted by Gasteiger charge is 2.10. The van der Waals surface area contributed by atoms with Crippen molar-refractivity contribution >= 4 is 11.6 Å². The number of hydrogen-bond acceptors (Lipinski definition) is 5. The lowest BCUT2D eigenvalue weighted by atomic mass is 10.1. The maximum absolute atomic E-state index is 12.5. The number of ether oxygens (including phenoxy) is 2. The summed E-state index contributed by atoms with van der Waals surface area (Å²) < 4.78 is 11.0. The molecular formula is C25H21N3O3. The van der Waals surface area contributed by atoms with E-state index in [1.807, 2.05) is 67.6 Å². The number of anilines is 1. The van der Waals surface area contributed by atoms with Crippen LogP contribution in [0.15, 0.2) is 85.1 Å². The highest BCUT2D eigenvalue weighted by atomic mass is 16.5. The number of methoxy groups -OCH3 is 1. The van der Waals surface area contributed by atoms with Crippen LogP contribution in [0.5, 0.6) is 17.4 Å². The molecule has 0 unspecified atom stereocenters. The van der Waals surface area contributed by atoms with Gasteiger partial charge in [-0.25, -0.2) is 4.98 Å². The summed E-state index contributed by atoms with van der Waals surface area (Å²) in [7, 11) is 1.62. The summed E-state index contributed by atoms with van der Waals surface area (Å²) in [5.41, 5.74) is 3.14. The molecular weight excluding hydrogens is 390 g/mol. The second-order valence-electron chi connectivity index (χ2n) is 6.84. The molecule has 0 saturated carbocycles. The van der Waals surface area contributed by atoms with Gasteiger partial charge in [-0.15, -0.1) is 0 Å². The number of carbonyl (C=O) groups excluding carboxylic acids is 1. The van der Waals surface area contributed by atoms with E-state index < -0.39 is 0 Å². The Morgan fingerprint density at radius 2 is 1.58 bits per heavy atom. The molecule has 0 aliphatic rings. The van der Waals surface area contributed by atoms with Gasteiger partial charge in [-0.3, -0.25) is 4.79 Å². The van der Waals surface area contributed by atoms with Gasteiger partial charge in [0, 0.05) is 29.1 Å². The Labute approximate surface area is 180 Å². The molecule has 0 saturated heterocycles. The molecule has 1 amide bonds. The van der Waals surface area contributed by atoms with Crippen molar-refractivity contribution in [3.05, 3.63) is 96.2 Å². The van der Waals surface area contributed by atoms with Crippen molar-refractivity contribution in [3.8, 4) is 28.8 Å². The minimum atomic E-state index is -0.168. The SMILES string of the molecule is COc1ccc(Oc2ccnc(-c3ccc(C(=O)Nc4ccccc4C)cc3)n2)cc1. The minimum Gasteiger partial charge on any atom is -0.497 e. The van der Waals surface area contributed by atoms with Gasteiger partial charge in [0.05, 0.1) is 7.11 Å². The number of para-hydroxylation sites is 1. The van der Waals surface area contributed by atoms with Crippen LogP contribution in [-0.4, -0.2) is 23.0 Å². The van der Waals surface area contributed by atoms with Gasteiger partial charge in [0.2, 0.25) is 5.88 Å². The van der Waals surface area contributed by atoms with Gasteiger partial charge in [0.25, 0.3) is 5.91 Å². The molecule has 6 heteroatoms. The minimum absolute atomic E-state index is 0.168. The molecule has 0 fully saturated rings. The second kappa shape index (κ2) is 9.09. The average Bonchev–Trinajstić information content (AvgIpc) is 2.81. The van der Waals surface area contributed by atoms with E-state index in [0.29, 0.717) is 23.0 Å². The first-order chi connectivity index (χ1) is 15.1. The average molecular weight is 411 g/mol. The maximum Gasteiger partial charge on any atom is 0.255 e.